The van der Waals surface area contributed by atoms with Gasteiger partial charge in [-0.2, -0.15) is 0 Å². The number of benzene rings is 1. The monoisotopic (exact) mass is 345 g/mol. The fourth-order valence-corrected chi connectivity index (χ4v) is 3.85. The first-order valence-corrected chi connectivity index (χ1v) is 9.33. The molecule has 1 aromatic heterocycles. The van der Waals surface area contributed by atoms with Crippen LogP contribution in [0.15, 0.2) is 35.9 Å². The van der Waals surface area contributed by atoms with Crippen LogP contribution in [0.3, 0.4) is 0 Å². The summed E-state index contributed by atoms with van der Waals surface area (Å²) in [6.45, 7) is 7.25. The predicted octanol–water partition coefficient (Wildman–Crippen LogP) is 3.72. The van der Waals surface area contributed by atoms with Crippen molar-refractivity contribution in [2.24, 2.45) is 5.92 Å². The van der Waals surface area contributed by atoms with Crippen molar-refractivity contribution in [3.63, 3.8) is 0 Å². The minimum absolute atomic E-state index is 0.191. The fraction of sp³-hybridized carbons (Fsp3) is 0.421. The van der Waals surface area contributed by atoms with Gasteiger partial charge in [-0.3, -0.25) is 4.90 Å². The largest absolute Gasteiger partial charge is 0.316 e. The third kappa shape index (κ3) is 4.97. The first-order chi connectivity index (χ1) is 11.7. The van der Waals surface area contributed by atoms with Gasteiger partial charge in [0.15, 0.2) is 0 Å². The Bertz CT molecular complexity index is 660. The fourth-order valence-electron chi connectivity index (χ4n) is 3.03. The van der Waals surface area contributed by atoms with Crippen molar-refractivity contribution in [2.75, 3.05) is 26.2 Å². The van der Waals surface area contributed by atoms with Crippen LogP contribution in [0.4, 0.5) is 4.39 Å². The number of thiazole rings is 1. The zero-order chi connectivity index (χ0) is 16.8. The SMILES string of the molecule is Cc1ncsc1CN(C/C=C/c1ccc(F)cc1)CC1CCNC1. The van der Waals surface area contributed by atoms with E-state index in [-0.39, 0.29) is 5.82 Å². The average molecular weight is 345 g/mol. The van der Waals surface area contributed by atoms with Crippen molar-refractivity contribution in [2.45, 2.75) is 19.9 Å². The molecule has 1 aromatic carbocycles. The Morgan fingerprint density at radius 1 is 1.38 bits per heavy atom. The molecule has 0 saturated carbocycles. The van der Waals surface area contributed by atoms with E-state index in [0.29, 0.717) is 0 Å². The van der Waals surface area contributed by atoms with Crippen molar-refractivity contribution in [3.8, 4) is 0 Å². The lowest BCUT2D eigenvalue weighted by molar-refractivity contribution is 0.254. The molecule has 24 heavy (non-hydrogen) atoms. The molecule has 0 aliphatic carbocycles. The van der Waals surface area contributed by atoms with Crippen LogP contribution < -0.4 is 5.32 Å². The molecule has 5 heteroatoms. The molecule has 1 atom stereocenters. The van der Waals surface area contributed by atoms with Crippen molar-refractivity contribution < 1.29 is 4.39 Å². The van der Waals surface area contributed by atoms with Gasteiger partial charge in [0.05, 0.1) is 11.2 Å². The van der Waals surface area contributed by atoms with E-state index in [0.717, 1.165) is 49.9 Å². The number of nitrogens with zero attached hydrogens (tertiary/aromatic N) is 2. The van der Waals surface area contributed by atoms with Crippen LogP contribution in [0.5, 0.6) is 0 Å². The average Bonchev–Trinajstić information content (AvgIpc) is 3.22. The van der Waals surface area contributed by atoms with E-state index in [1.54, 1.807) is 11.3 Å². The van der Waals surface area contributed by atoms with Crippen LogP contribution in [-0.4, -0.2) is 36.1 Å². The van der Waals surface area contributed by atoms with Gasteiger partial charge in [-0.15, -0.1) is 11.3 Å². The number of hydrogen-bond donors (Lipinski definition) is 1. The Balaban J connectivity index is 1.62. The Hall–Kier alpha value is -1.56. The van der Waals surface area contributed by atoms with Gasteiger partial charge >= 0.3 is 0 Å². The molecular weight excluding hydrogens is 321 g/mol. The summed E-state index contributed by atoms with van der Waals surface area (Å²) in [4.78, 5) is 8.19. The molecule has 0 radical (unpaired) electrons. The van der Waals surface area contributed by atoms with Gasteiger partial charge in [0.25, 0.3) is 0 Å². The topological polar surface area (TPSA) is 28.2 Å². The first-order valence-electron chi connectivity index (χ1n) is 8.45. The van der Waals surface area contributed by atoms with E-state index < -0.39 is 0 Å². The normalized spacial score (nSPS) is 18.0. The Kier molecular flexibility index (Phi) is 6.12. The maximum absolute atomic E-state index is 13.0. The minimum atomic E-state index is -0.191. The van der Waals surface area contributed by atoms with Crippen LogP contribution in [-0.2, 0) is 6.54 Å². The minimum Gasteiger partial charge on any atom is -0.316 e. The molecule has 1 saturated heterocycles. The van der Waals surface area contributed by atoms with Crippen molar-refractivity contribution >= 4 is 17.4 Å². The Labute approximate surface area is 147 Å². The molecule has 3 nitrogen and oxygen atoms in total. The van der Waals surface area contributed by atoms with E-state index in [4.69, 9.17) is 0 Å². The smallest absolute Gasteiger partial charge is 0.123 e. The van der Waals surface area contributed by atoms with Crippen molar-refractivity contribution in [3.05, 3.63) is 57.8 Å². The van der Waals surface area contributed by atoms with E-state index in [9.17, 15) is 4.39 Å². The number of aromatic nitrogens is 1. The summed E-state index contributed by atoms with van der Waals surface area (Å²) in [5.41, 5.74) is 4.10. The molecule has 1 N–H and O–H groups in total. The number of halogens is 1. The number of aryl methyl sites for hydroxylation is 1. The third-order valence-corrected chi connectivity index (χ3v) is 5.35. The molecular formula is C19H24FN3S. The van der Waals surface area contributed by atoms with Crippen LogP contribution in [0.25, 0.3) is 6.08 Å². The molecule has 0 spiro atoms. The number of nitrogens with one attached hydrogen (secondary N) is 1. The van der Waals surface area contributed by atoms with Crippen molar-refractivity contribution in [1.82, 2.24) is 15.2 Å². The van der Waals surface area contributed by atoms with Gasteiger partial charge < -0.3 is 5.32 Å². The van der Waals surface area contributed by atoms with Crippen LogP contribution in [0, 0.1) is 18.7 Å². The van der Waals surface area contributed by atoms with Gasteiger partial charge in [-0.25, -0.2) is 9.37 Å². The van der Waals surface area contributed by atoms with E-state index in [1.165, 1.54) is 23.4 Å². The second kappa shape index (κ2) is 8.51. The summed E-state index contributed by atoms with van der Waals surface area (Å²) in [6.07, 6.45) is 5.49. The van der Waals surface area contributed by atoms with Gasteiger partial charge in [-0.1, -0.05) is 24.3 Å². The lowest BCUT2D eigenvalue weighted by Crippen LogP contribution is -2.30. The molecule has 2 aromatic rings. The molecule has 1 aliphatic rings. The Morgan fingerprint density at radius 3 is 2.88 bits per heavy atom. The standard InChI is InChI=1S/C19H24FN3S/c1-15-19(24-14-22-15)13-23(12-17-8-9-21-11-17)10-2-3-16-4-6-18(20)7-5-16/h2-7,14,17,21H,8-13H2,1H3/b3-2+. The van der Waals surface area contributed by atoms with Crippen LogP contribution >= 0.6 is 11.3 Å². The lowest BCUT2D eigenvalue weighted by Gasteiger charge is -2.23. The van der Waals surface area contributed by atoms with Gasteiger partial charge in [0, 0.05) is 24.5 Å². The molecule has 0 amide bonds. The summed E-state index contributed by atoms with van der Waals surface area (Å²) >= 11 is 1.73. The van der Waals surface area contributed by atoms with E-state index >= 15 is 0 Å². The summed E-state index contributed by atoms with van der Waals surface area (Å²) < 4.78 is 13.0. The predicted molar refractivity (Wildman–Crippen MR) is 98.5 cm³/mol. The molecule has 2 heterocycles. The highest BCUT2D eigenvalue weighted by atomic mass is 32.1. The molecule has 1 unspecified atom stereocenters. The highest BCUT2D eigenvalue weighted by molar-refractivity contribution is 7.09. The number of rotatable bonds is 7. The Morgan fingerprint density at radius 2 is 2.21 bits per heavy atom. The van der Waals surface area contributed by atoms with E-state index in [1.807, 2.05) is 17.6 Å². The summed E-state index contributed by atoms with van der Waals surface area (Å²) in [5.74, 6) is 0.528. The number of hydrogen-bond acceptors (Lipinski definition) is 4. The zero-order valence-corrected chi connectivity index (χ0v) is 14.9. The summed E-state index contributed by atoms with van der Waals surface area (Å²) in [6, 6.07) is 6.62. The first kappa shape index (κ1) is 17.3. The molecule has 0 bridgehead atoms. The van der Waals surface area contributed by atoms with Crippen LogP contribution in [0.2, 0.25) is 0 Å². The summed E-state index contributed by atoms with van der Waals surface area (Å²) in [5, 5.41) is 3.45. The molecule has 3 rings (SSSR count). The quantitative estimate of drug-likeness (QED) is 0.829. The van der Waals surface area contributed by atoms with Crippen molar-refractivity contribution in [1.29, 1.82) is 0 Å². The lowest BCUT2D eigenvalue weighted by atomic mass is 10.1. The highest BCUT2D eigenvalue weighted by Crippen LogP contribution is 2.18. The molecule has 1 aliphatic heterocycles. The second-order valence-corrected chi connectivity index (χ2v) is 7.31. The maximum Gasteiger partial charge on any atom is 0.123 e. The molecule has 128 valence electrons. The third-order valence-electron chi connectivity index (χ3n) is 4.43. The summed E-state index contributed by atoms with van der Waals surface area (Å²) in [7, 11) is 0. The molecule has 1 fully saturated rings. The van der Waals surface area contributed by atoms with Crippen LogP contribution in [0.1, 0.15) is 22.6 Å². The van der Waals surface area contributed by atoms with Gasteiger partial charge in [0.1, 0.15) is 5.82 Å². The van der Waals surface area contributed by atoms with E-state index in [2.05, 4.69) is 34.3 Å². The zero-order valence-electron chi connectivity index (χ0n) is 14.0. The van der Waals surface area contributed by atoms with Gasteiger partial charge in [0.2, 0.25) is 0 Å². The van der Waals surface area contributed by atoms with Gasteiger partial charge in [-0.05, 0) is 50.0 Å². The highest BCUT2D eigenvalue weighted by Gasteiger charge is 2.18. The maximum atomic E-state index is 13.0. The second-order valence-electron chi connectivity index (χ2n) is 6.37.